The summed E-state index contributed by atoms with van der Waals surface area (Å²) >= 11 is 0. The van der Waals surface area contributed by atoms with Crippen molar-refractivity contribution in [3.05, 3.63) is 144 Å². The maximum atomic E-state index is 7.00. The highest BCUT2D eigenvalue weighted by atomic mass is 16.3. The first kappa shape index (κ1) is 35.6. The minimum absolute atomic E-state index is 0.00506. The van der Waals surface area contributed by atoms with Crippen LogP contribution in [0, 0.1) is 0 Å². The van der Waals surface area contributed by atoms with Crippen LogP contribution < -0.4 is 0 Å². The maximum absolute atomic E-state index is 7.00. The summed E-state index contributed by atoms with van der Waals surface area (Å²) in [6.45, 7) is 20.5. The molecule has 6 aromatic carbocycles. The van der Waals surface area contributed by atoms with Crippen LogP contribution in [0.5, 0.6) is 0 Å². The fourth-order valence-electron chi connectivity index (χ4n) is 7.86. The highest BCUT2D eigenvalue weighted by molar-refractivity contribution is 6.11. The van der Waals surface area contributed by atoms with Crippen molar-refractivity contribution in [1.29, 1.82) is 0 Å². The Morgan fingerprint density at radius 1 is 0.429 bits per heavy atom. The Kier molecular flexibility index (Phi) is 8.10. The second-order valence-electron chi connectivity index (χ2n) is 18.2. The molecular weight excluding hydrogens is 685 g/mol. The quantitative estimate of drug-likeness (QED) is 0.181. The molecule has 5 nitrogen and oxygen atoms in total. The molecule has 9 aromatic rings. The number of aromatic nitrogens is 4. The molecule has 9 rings (SSSR count). The van der Waals surface area contributed by atoms with E-state index in [0.29, 0.717) is 17.6 Å². The predicted molar refractivity (Wildman–Crippen MR) is 234 cm³/mol. The average Bonchev–Trinajstić information content (AvgIpc) is 3.72. The summed E-state index contributed by atoms with van der Waals surface area (Å²) in [6.07, 6.45) is 0. The fourth-order valence-corrected chi connectivity index (χ4v) is 7.86. The Bertz CT molecular complexity index is 2890. The first-order valence-corrected chi connectivity index (χ1v) is 19.6. The van der Waals surface area contributed by atoms with Crippen molar-refractivity contribution < 1.29 is 4.42 Å². The van der Waals surface area contributed by atoms with E-state index >= 15 is 0 Å². The van der Waals surface area contributed by atoms with Crippen molar-refractivity contribution in [3.8, 4) is 39.9 Å². The van der Waals surface area contributed by atoms with Gasteiger partial charge in [-0.3, -0.25) is 4.57 Å². The lowest BCUT2D eigenvalue weighted by Crippen LogP contribution is -2.16. The standard InChI is InChI=1S/C51H48N4O/c1-49(2,3)34-27-38(44-39(28-34)40-29-35(50(4,5)6)30-41(45(40)56-44)51(7,8)9)31-23-25-33(26-24-31)47-52-46(32-17-11-10-12-18-32)53-48(54-47)55-42-21-15-13-19-36(42)37-20-14-16-22-43(37)55/h10-30H,1-9H3. The monoisotopic (exact) mass is 732 g/mol. The van der Waals surface area contributed by atoms with Crippen molar-refractivity contribution in [2.24, 2.45) is 0 Å². The van der Waals surface area contributed by atoms with E-state index in [4.69, 9.17) is 19.4 Å². The number of rotatable bonds is 4. The summed E-state index contributed by atoms with van der Waals surface area (Å²) in [5, 5.41) is 4.66. The number of hydrogen-bond donors (Lipinski definition) is 0. The highest BCUT2D eigenvalue weighted by Crippen LogP contribution is 2.44. The molecule has 0 N–H and O–H groups in total. The summed E-state index contributed by atoms with van der Waals surface area (Å²) in [6, 6.07) is 45.0. The topological polar surface area (TPSA) is 56.7 Å². The van der Waals surface area contributed by atoms with Crippen LogP contribution in [-0.2, 0) is 16.2 Å². The molecule has 0 spiro atoms. The molecule has 0 aliphatic rings. The van der Waals surface area contributed by atoms with E-state index in [2.05, 4.69) is 164 Å². The number of nitrogens with zero attached hydrogens (tertiary/aromatic N) is 4. The Morgan fingerprint density at radius 2 is 0.911 bits per heavy atom. The molecule has 5 heteroatoms. The summed E-state index contributed by atoms with van der Waals surface area (Å²) in [7, 11) is 0. The van der Waals surface area contributed by atoms with E-state index in [-0.39, 0.29) is 16.2 Å². The third-order valence-corrected chi connectivity index (χ3v) is 11.1. The second kappa shape index (κ2) is 12.7. The molecule has 0 saturated carbocycles. The number of hydrogen-bond acceptors (Lipinski definition) is 4. The maximum Gasteiger partial charge on any atom is 0.238 e. The van der Waals surface area contributed by atoms with Crippen LogP contribution in [-0.4, -0.2) is 19.5 Å². The van der Waals surface area contributed by atoms with Crippen LogP contribution in [0.4, 0.5) is 0 Å². The molecule has 0 amide bonds. The lowest BCUT2D eigenvalue weighted by Gasteiger charge is -2.25. The third-order valence-electron chi connectivity index (χ3n) is 11.1. The Morgan fingerprint density at radius 3 is 1.46 bits per heavy atom. The molecule has 0 saturated heterocycles. The van der Waals surface area contributed by atoms with Gasteiger partial charge in [0.1, 0.15) is 11.2 Å². The van der Waals surface area contributed by atoms with E-state index in [0.717, 1.165) is 60.6 Å². The van der Waals surface area contributed by atoms with Gasteiger partial charge in [0.25, 0.3) is 0 Å². The summed E-state index contributed by atoms with van der Waals surface area (Å²) < 4.78 is 9.16. The van der Waals surface area contributed by atoms with E-state index < -0.39 is 0 Å². The smallest absolute Gasteiger partial charge is 0.238 e. The average molecular weight is 733 g/mol. The first-order valence-electron chi connectivity index (χ1n) is 19.6. The third kappa shape index (κ3) is 6.06. The number of fused-ring (bicyclic) bond motifs is 6. The molecule has 56 heavy (non-hydrogen) atoms. The first-order chi connectivity index (χ1) is 26.6. The highest BCUT2D eigenvalue weighted by Gasteiger charge is 2.28. The molecule has 0 aliphatic heterocycles. The summed E-state index contributed by atoms with van der Waals surface area (Å²) in [5.74, 6) is 1.83. The van der Waals surface area contributed by atoms with Crippen LogP contribution in [0.2, 0.25) is 0 Å². The number of para-hydroxylation sites is 2. The molecule has 0 fully saturated rings. The van der Waals surface area contributed by atoms with Gasteiger partial charge in [-0.2, -0.15) is 9.97 Å². The number of furan rings is 1. The van der Waals surface area contributed by atoms with Crippen molar-refractivity contribution in [3.63, 3.8) is 0 Å². The molecule has 0 bridgehead atoms. The van der Waals surface area contributed by atoms with Gasteiger partial charge in [0.05, 0.1) is 11.0 Å². The van der Waals surface area contributed by atoms with Gasteiger partial charge in [-0.15, -0.1) is 0 Å². The number of benzene rings is 6. The molecule has 0 radical (unpaired) electrons. The van der Waals surface area contributed by atoms with Crippen molar-refractivity contribution >= 4 is 43.7 Å². The van der Waals surface area contributed by atoms with Crippen molar-refractivity contribution in [1.82, 2.24) is 19.5 Å². The van der Waals surface area contributed by atoms with Gasteiger partial charge in [-0.1, -0.05) is 159 Å². The van der Waals surface area contributed by atoms with Crippen LogP contribution in [0.25, 0.3) is 83.6 Å². The van der Waals surface area contributed by atoms with E-state index in [1.165, 1.54) is 22.1 Å². The van der Waals surface area contributed by atoms with Gasteiger partial charge in [-0.25, -0.2) is 4.98 Å². The van der Waals surface area contributed by atoms with E-state index in [1.54, 1.807) is 0 Å². The van der Waals surface area contributed by atoms with Crippen LogP contribution in [0.15, 0.2) is 132 Å². The summed E-state index contributed by atoms with van der Waals surface area (Å²) in [4.78, 5) is 15.4. The Labute approximate surface area is 329 Å². The normalized spacial score (nSPS) is 12.7. The van der Waals surface area contributed by atoms with Crippen molar-refractivity contribution in [2.75, 3.05) is 0 Å². The zero-order valence-corrected chi connectivity index (χ0v) is 33.8. The predicted octanol–water partition coefficient (Wildman–Crippen LogP) is 13.8. The van der Waals surface area contributed by atoms with Gasteiger partial charge in [0.15, 0.2) is 11.6 Å². The Balaban J connectivity index is 1.24. The van der Waals surface area contributed by atoms with Gasteiger partial charge in [0, 0.05) is 43.8 Å². The summed E-state index contributed by atoms with van der Waals surface area (Å²) in [5.41, 5.74) is 11.7. The largest absolute Gasteiger partial charge is 0.455 e. The molecule has 0 aliphatic carbocycles. The molecular formula is C51H48N4O. The second-order valence-corrected chi connectivity index (χ2v) is 18.2. The zero-order chi connectivity index (χ0) is 39.1. The minimum atomic E-state index is -0.0940. The van der Waals surface area contributed by atoms with Gasteiger partial charge < -0.3 is 4.42 Å². The van der Waals surface area contributed by atoms with Gasteiger partial charge in [-0.05, 0) is 63.3 Å². The Hall–Kier alpha value is -6.07. The lowest BCUT2D eigenvalue weighted by molar-refractivity contribution is 0.559. The van der Waals surface area contributed by atoms with Crippen LogP contribution in [0.3, 0.4) is 0 Å². The molecule has 3 aromatic heterocycles. The van der Waals surface area contributed by atoms with E-state index in [1.807, 2.05) is 30.3 Å². The SMILES string of the molecule is CC(C)(C)c1cc(-c2ccc(-c3nc(-c4ccccc4)nc(-n4c5ccccc5c5ccccc54)n3)cc2)c2oc3c(C(C)(C)C)cc(C(C)(C)C)cc3c2c1. The molecule has 0 unspecified atom stereocenters. The van der Waals surface area contributed by atoms with Crippen LogP contribution >= 0.6 is 0 Å². The van der Waals surface area contributed by atoms with Crippen LogP contribution in [0.1, 0.15) is 79.0 Å². The van der Waals surface area contributed by atoms with Gasteiger partial charge >= 0.3 is 0 Å². The lowest BCUT2D eigenvalue weighted by atomic mass is 9.79. The van der Waals surface area contributed by atoms with E-state index in [9.17, 15) is 0 Å². The minimum Gasteiger partial charge on any atom is -0.455 e. The molecule has 3 heterocycles. The van der Waals surface area contributed by atoms with Gasteiger partial charge in [0.2, 0.25) is 5.95 Å². The van der Waals surface area contributed by atoms with Crippen molar-refractivity contribution in [2.45, 2.75) is 78.6 Å². The molecule has 278 valence electrons. The fraction of sp³-hybridized carbons (Fsp3) is 0.235. The molecule has 0 atom stereocenters. The zero-order valence-electron chi connectivity index (χ0n) is 33.8.